The maximum Gasteiger partial charge on any atom is 0.252 e. The number of nitrogens with two attached hydrogens (primary N) is 1. The summed E-state index contributed by atoms with van der Waals surface area (Å²) < 4.78 is 34.4. The minimum absolute atomic E-state index is 0.000996. The highest BCUT2D eigenvalue weighted by Gasteiger charge is 2.30. The molecule has 3 aromatic rings. The minimum atomic E-state index is -3.80. The van der Waals surface area contributed by atoms with Crippen LogP contribution in [0.3, 0.4) is 0 Å². The maximum atomic E-state index is 13.1. The number of carbonyl (C=O) groups excluding carboxylic acids is 1. The molecular formula is C20H23N7O4S. The first-order valence-electron chi connectivity index (χ1n) is 9.87. The van der Waals surface area contributed by atoms with Gasteiger partial charge in [-0.15, -0.1) is 0 Å². The normalized spacial score (nSPS) is 15.0. The number of rotatable bonds is 6. The number of carbonyl (C=O) groups is 1. The number of aromatic nitrogens is 4. The van der Waals surface area contributed by atoms with Gasteiger partial charge in [0.1, 0.15) is 17.9 Å². The van der Waals surface area contributed by atoms with Gasteiger partial charge in [-0.3, -0.25) is 4.79 Å². The summed E-state index contributed by atoms with van der Waals surface area (Å²) in [6.45, 7) is 3.33. The molecule has 12 heteroatoms. The van der Waals surface area contributed by atoms with Gasteiger partial charge >= 0.3 is 0 Å². The van der Waals surface area contributed by atoms with Crippen molar-refractivity contribution in [1.29, 1.82) is 0 Å². The monoisotopic (exact) mass is 457 g/mol. The van der Waals surface area contributed by atoms with E-state index in [9.17, 15) is 13.2 Å². The van der Waals surface area contributed by atoms with Gasteiger partial charge in [0.2, 0.25) is 10.0 Å². The Morgan fingerprint density at radius 3 is 2.41 bits per heavy atom. The summed E-state index contributed by atoms with van der Waals surface area (Å²) in [5.74, 6) is 0.805. The third-order valence-electron chi connectivity index (χ3n) is 5.23. The smallest absolute Gasteiger partial charge is 0.252 e. The Bertz CT molecular complexity index is 1250. The number of benzene rings is 1. The zero-order chi connectivity index (χ0) is 22.9. The molecular weight excluding hydrogens is 434 g/mol. The van der Waals surface area contributed by atoms with Gasteiger partial charge in [0.25, 0.3) is 5.91 Å². The lowest BCUT2D eigenvalue weighted by Crippen LogP contribution is -2.49. The zero-order valence-corrected chi connectivity index (χ0v) is 18.5. The van der Waals surface area contributed by atoms with Crippen LogP contribution in [0.2, 0.25) is 0 Å². The van der Waals surface area contributed by atoms with Crippen LogP contribution < -0.4 is 15.4 Å². The molecule has 1 aliphatic rings. The molecule has 2 N–H and O–H groups in total. The van der Waals surface area contributed by atoms with Crippen molar-refractivity contribution < 1.29 is 17.9 Å². The molecule has 0 unspecified atom stereocenters. The van der Waals surface area contributed by atoms with Crippen LogP contribution in [0, 0.1) is 6.92 Å². The lowest BCUT2D eigenvalue weighted by Gasteiger charge is -2.34. The number of piperazine rings is 1. The van der Waals surface area contributed by atoms with E-state index in [1.165, 1.54) is 35.9 Å². The van der Waals surface area contributed by atoms with E-state index in [1.54, 1.807) is 4.68 Å². The fourth-order valence-electron chi connectivity index (χ4n) is 3.52. The molecule has 3 heterocycles. The van der Waals surface area contributed by atoms with Crippen LogP contribution in [0.4, 0.5) is 5.82 Å². The first-order valence-corrected chi connectivity index (χ1v) is 11.3. The van der Waals surface area contributed by atoms with Crippen LogP contribution in [0.25, 0.3) is 5.82 Å². The third kappa shape index (κ3) is 4.14. The topological polar surface area (TPSA) is 137 Å². The van der Waals surface area contributed by atoms with Crippen LogP contribution in [-0.4, -0.2) is 71.7 Å². The third-order valence-corrected chi connectivity index (χ3v) is 7.13. The van der Waals surface area contributed by atoms with Crippen LogP contribution in [0.15, 0.2) is 47.8 Å². The molecule has 0 atom stereocenters. The van der Waals surface area contributed by atoms with E-state index in [0.717, 1.165) is 5.69 Å². The van der Waals surface area contributed by atoms with E-state index in [1.807, 2.05) is 30.2 Å². The Labute approximate surface area is 185 Å². The summed E-state index contributed by atoms with van der Waals surface area (Å²) in [6, 6.07) is 7.80. The standard InChI is InChI=1S/C20H23N7O4S/c1-14-5-6-27(24-14)19-12-18(22-13-23-19)25-7-9-26(10-8-25)32(29,30)15-3-4-17(31-2)16(11-15)20(21)28/h3-6,11-13H,7-10H2,1-2H3,(H2,21,28). The molecule has 0 spiro atoms. The summed E-state index contributed by atoms with van der Waals surface area (Å²) in [5.41, 5.74) is 6.27. The number of methoxy groups -OCH3 is 1. The van der Waals surface area contributed by atoms with Crippen molar-refractivity contribution in [2.75, 3.05) is 38.2 Å². The van der Waals surface area contributed by atoms with Gasteiger partial charge in [0.05, 0.1) is 23.3 Å². The van der Waals surface area contributed by atoms with Crippen molar-refractivity contribution in [2.45, 2.75) is 11.8 Å². The summed E-state index contributed by atoms with van der Waals surface area (Å²) in [4.78, 5) is 22.3. The lowest BCUT2D eigenvalue weighted by atomic mass is 10.2. The van der Waals surface area contributed by atoms with Gasteiger partial charge in [-0.25, -0.2) is 23.1 Å². The van der Waals surface area contributed by atoms with Crippen molar-refractivity contribution in [2.24, 2.45) is 5.73 Å². The summed E-state index contributed by atoms with van der Waals surface area (Å²) in [7, 11) is -2.41. The molecule has 1 aromatic carbocycles. The largest absolute Gasteiger partial charge is 0.496 e. The predicted molar refractivity (Wildman–Crippen MR) is 116 cm³/mol. The summed E-state index contributed by atoms with van der Waals surface area (Å²) >= 11 is 0. The number of nitrogens with zero attached hydrogens (tertiary/aromatic N) is 6. The van der Waals surface area contributed by atoms with Crippen LogP contribution >= 0.6 is 0 Å². The van der Waals surface area contributed by atoms with Gasteiger partial charge in [0, 0.05) is 38.4 Å². The SMILES string of the molecule is COc1ccc(S(=O)(=O)N2CCN(c3cc(-n4ccc(C)n4)ncn3)CC2)cc1C(N)=O. The number of anilines is 1. The van der Waals surface area contributed by atoms with Gasteiger partial charge in [-0.05, 0) is 31.2 Å². The molecule has 1 fully saturated rings. The molecule has 0 radical (unpaired) electrons. The molecule has 0 aliphatic carbocycles. The van der Waals surface area contributed by atoms with E-state index in [2.05, 4.69) is 15.1 Å². The number of sulfonamides is 1. The van der Waals surface area contributed by atoms with Gasteiger partial charge < -0.3 is 15.4 Å². The molecule has 0 bridgehead atoms. The second kappa shape index (κ2) is 8.55. The maximum absolute atomic E-state index is 13.1. The molecule has 0 saturated carbocycles. The molecule has 11 nitrogen and oxygen atoms in total. The predicted octanol–water partition coefficient (Wildman–Crippen LogP) is 0.589. The number of hydrogen-bond donors (Lipinski definition) is 1. The number of primary amides is 1. The first kappa shape index (κ1) is 21.7. The van der Waals surface area contributed by atoms with Gasteiger partial charge in [-0.2, -0.15) is 9.40 Å². The van der Waals surface area contributed by atoms with E-state index < -0.39 is 15.9 Å². The number of ether oxygens (including phenoxy) is 1. The van der Waals surface area contributed by atoms with E-state index in [-0.39, 0.29) is 29.3 Å². The summed E-state index contributed by atoms with van der Waals surface area (Å²) in [6.07, 6.45) is 3.29. The quantitative estimate of drug-likeness (QED) is 0.568. The van der Waals surface area contributed by atoms with E-state index in [4.69, 9.17) is 10.5 Å². The van der Waals surface area contributed by atoms with Crippen LogP contribution in [0.5, 0.6) is 5.75 Å². The number of hydrogen-bond acceptors (Lipinski definition) is 8. The number of aryl methyl sites for hydroxylation is 1. The Balaban J connectivity index is 1.50. The van der Waals surface area contributed by atoms with Crippen molar-refractivity contribution >= 4 is 21.7 Å². The fraction of sp³-hybridized carbons (Fsp3) is 0.300. The highest BCUT2D eigenvalue weighted by molar-refractivity contribution is 7.89. The second-order valence-electron chi connectivity index (χ2n) is 7.25. The highest BCUT2D eigenvalue weighted by Crippen LogP contribution is 2.26. The Hall–Kier alpha value is -3.51. The van der Waals surface area contributed by atoms with Crippen LogP contribution in [-0.2, 0) is 10.0 Å². The average Bonchev–Trinajstić information content (AvgIpc) is 3.25. The van der Waals surface area contributed by atoms with Crippen molar-refractivity contribution in [3.63, 3.8) is 0 Å². The molecule has 4 rings (SSSR count). The van der Waals surface area contributed by atoms with Gasteiger partial charge in [-0.1, -0.05) is 0 Å². The first-order chi connectivity index (χ1) is 15.3. The van der Waals surface area contributed by atoms with Gasteiger partial charge in [0.15, 0.2) is 5.82 Å². The molecule has 1 saturated heterocycles. The zero-order valence-electron chi connectivity index (χ0n) is 17.7. The van der Waals surface area contributed by atoms with Crippen molar-refractivity contribution in [1.82, 2.24) is 24.1 Å². The molecule has 1 amide bonds. The lowest BCUT2D eigenvalue weighted by molar-refractivity contribution is 0.0997. The molecule has 168 valence electrons. The molecule has 1 aliphatic heterocycles. The van der Waals surface area contributed by atoms with E-state index in [0.29, 0.717) is 24.7 Å². The van der Waals surface area contributed by atoms with Crippen molar-refractivity contribution in [3.8, 4) is 11.6 Å². The second-order valence-corrected chi connectivity index (χ2v) is 9.19. The Kier molecular flexibility index (Phi) is 5.80. The van der Waals surface area contributed by atoms with Crippen LogP contribution in [0.1, 0.15) is 16.1 Å². The minimum Gasteiger partial charge on any atom is -0.496 e. The number of amides is 1. The summed E-state index contributed by atoms with van der Waals surface area (Å²) in [5, 5.41) is 4.36. The van der Waals surface area contributed by atoms with E-state index >= 15 is 0 Å². The highest BCUT2D eigenvalue weighted by atomic mass is 32.2. The average molecular weight is 458 g/mol. The molecule has 32 heavy (non-hydrogen) atoms. The van der Waals surface area contributed by atoms with Crippen molar-refractivity contribution in [3.05, 3.63) is 54.1 Å². The Morgan fingerprint density at radius 1 is 1.06 bits per heavy atom. The fourth-order valence-corrected chi connectivity index (χ4v) is 4.97. The molecule has 2 aromatic heterocycles. The Morgan fingerprint density at radius 2 is 1.78 bits per heavy atom.